The molecule has 0 radical (unpaired) electrons. The minimum Gasteiger partial charge on any atom is -0.334 e. The van der Waals surface area contributed by atoms with Crippen molar-refractivity contribution in [1.29, 1.82) is 0 Å². The molecule has 0 fully saturated rings. The zero-order valence-corrected chi connectivity index (χ0v) is 18.6. The fourth-order valence-electron chi connectivity index (χ4n) is 2.93. The Labute approximate surface area is 190 Å². The summed E-state index contributed by atoms with van der Waals surface area (Å²) < 4.78 is 7.58. The van der Waals surface area contributed by atoms with Gasteiger partial charge in [0.25, 0.3) is 11.4 Å². The Bertz CT molecular complexity index is 1320. The quantitative estimate of drug-likeness (QED) is 0.421. The molecule has 2 aromatic heterocycles. The van der Waals surface area contributed by atoms with Crippen LogP contribution in [0.15, 0.2) is 74.6 Å². The van der Waals surface area contributed by atoms with Crippen molar-refractivity contribution in [3.05, 3.63) is 86.2 Å². The average Bonchev–Trinajstić information content (AvgIpc) is 3.24. The van der Waals surface area contributed by atoms with Crippen LogP contribution in [0.2, 0.25) is 5.02 Å². The van der Waals surface area contributed by atoms with E-state index in [0.717, 1.165) is 15.6 Å². The second kappa shape index (κ2) is 8.87. The molecular weight excluding hydrogens is 484 g/mol. The van der Waals surface area contributed by atoms with Gasteiger partial charge in [-0.2, -0.15) is 4.98 Å². The first-order valence-electron chi connectivity index (χ1n) is 9.26. The van der Waals surface area contributed by atoms with Gasteiger partial charge in [0, 0.05) is 33.0 Å². The minimum absolute atomic E-state index is 0.174. The van der Waals surface area contributed by atoms with E-state index in [4.69, 9.17) is 16.1 Å². The molecule has 0 unspecified atom stereocenters. The third kappa shape index (κ3) is 4.76. The van der Waals surface area contributed by atoms with Crippen molar-refractivity contribution in [2.45, 2.75) is 13.5 Å². The zero-order chi connectivity index (χ0) is 22.0. The maximum atomic E-state index is 12.5. The highest BCUT2D eigenvalue weighted by Crippen LogP contribution is 2.24. The number of benzene rings is 2. The number of pyridine rings is 1. The lowest BCUT2D eigenvalue weighted by molar-refractivity contribution is -0.116. The molecule has 0 aliphatic heterocycles. The second-order valence-electron chi connectivity index (χ2n) is 6.77. The molecule has 9 heteroatoms. The minimum atomic E-state index is -0.356. The highest BCUT2D eigenvalue weighted by Gasteiger charge is 2.14. The Morgan fingerprint density at radius 2 is 1.87 bits per heavy atom. The van der Waals surface area contributed by atoms with Crippen LogP contribution in [0, 0.1) is 6.92 Å². The maximum Gasteiger partial charge on any atom is 0.259 e. The lowest BCUT2D eigenvalue weighted by Gasteiger charge is -2.11. The van der Waals surface area contributed by atoms with E-state index in [9.17, 15) is 9.59 Å². The van der Waals surface area contributed by atoms with E-state index in [1.807, 2.05) is 31.2 Å². The summed E-state index contributed by atoms with van der Waals surface area (Å²) in [7, 11) is 0. The highest BCUT2D eigenvalue weighted by atomic mass is 79.9. The number of nitrogens with zero attached hydrogens (tertiary/aromatic N) is 3. The topological polar surface area (TPSA) is 90.0 Å². The number of anilines is 1. The van der Waals surface area contributed by atoms with E-state index in [1.54, 1.807) is 24.3 Å². The van der Waals surface area contributed by atoms with Gasteiger partial charge in [0.2, 0.25) is 11.7 Å². The molecule has 0 aliphatic rings. The second-order valence-corrected chi connectivity index (χ2v) is 8.10. The predicted octanol–water partition coefficient (Wildman–Crippen LogP) is 4.93. The van der Waals surface area contributed by atoms with Gasteiger partial charge < -0.3 is 14.4 Å². The van der Waals surface area contributed by atoms with Crippen molar-refractivity contribution in [2.75, 3.05) is 5.32 Å². The van der Waals surface area contributed by atoms with Crippen LogP contribution < -0.4 is 10.9 Å². The van der Waals surface area contributed by atoms with E-state index in [2.05, 4.69) is 31.4 Å². The largest absolute Gasteiger partial charge is 0.334 e. The van der Waals surface area contributed by atoms with Crippen molar-refractivity contribution in [1.82, 2.24) is 14.7 Å². The summed E-state index contributed by atoms with van der Waals surface area (Å²) in [5.41, 5.74) is 2.35. The SMILES string of the molecule is Cc1c(Cl)cccc1NC(=O)Cn1cc(-c2nc(-c3ccc(Br)cc3)no2)ccc1=O. The summed E-state index contributed by atoms with van der Waals surface area (Å²) in [5.74, 6) is 0.317. The lowest BCUT2D eigenvalue weighted by atomic mass is 10.2. The maximum absolute atomic E-state index is 12.5. The molecule has 156 valence electrons. The smallest absolute Gasteiger partial charge is 0.259 e. The van der Waals surface area contributed by atoms with Crippen LogP contribution in [0.25, 0.3) is 22.8 Å². The molecule has 2 heterocycles. The van der Waals surface area contributed by atoms with E-state index < -0.39 is 0 Å². The van der Waals surface area contributed by atoms with Gasteiger partial charge >= 0.3 is 0 Å². The summed E-state index contributed by atoms with van der Waals surface area (Å²) >= 11 is 9.48. The third-order valence-corrected chi connectivity index (χ3v) is 5.55. The van der Waals surface area contributed by atoms with Crippen LogP contribution in [0.3, 0.4) is 0 Å². The Kier molecular flexibility index (Phi) is 6.01. The molecule has 1 amide bonds. The van der Waals surface area contributed by atoms with Gasteiger partial charge in [-0.15, -0.1) is 0 Å². The molecule has 4 aromatic rings. The molecule has 2 aromatic carbocycles. The molecule has 0 bridgehead atoms. The van der Waals surface area contributed by atoms with E-state index >= 15 is 0 Å². The fourth-order valence-corrected chi connectivity index (χ4v) is 3.36. The van der Waals surface area contributed by atoms with Crippen molar-refractivity contribution >= 4 is 39.1 Å². The highest BCUT2D eigenvalue weighted by molar-refractivity contribution is 9.10. The molecular formula is C22H16BrClN4O3. The fraction of sp³-hybridized carbons (Fsp3) is 0.0909. The number of carbonyl (C=O) groups excluding carboxylic acids is 1. The van der Waals surface area contributed by atoms with Gasteiger partial charge in [-0.25, -0.2) is 0 Å². The Hall–Kier alpha value is -3.23. The number of hydrogen-bond acceptors (Lipinski definition) is 5. The number of nitrogens with one attached hydrogen (secondary N) is 1. The van der Waals surface area contributed by atoms with Crippen molar-refractivity contribution in [3.63, 3.8) is 0 Å². The summed E-state index contributed by atoms with van der Waals surface area (Å²) in [4.78, 5) is 29.1. The number of halogens is 2. The van der Waals surface area contributed by atoms with Gasteiger partial charge in [0.15, 0.2) is 0 Å². The molecule has 0 saturated carbocycles. The summed E-state index contributed by atoms with van der Waals surface area (Å²) in [6.45, 7) is 1.63. The van der Waals surface area contributed by atoms with Gasteiger partial charge in [-0.05, 0) is 55.0 Å². The Balaban J connectivity index is 1.55. The Morgan fingerprint density at radius 1 is 1.13 bits per heavy atom. The number of rotatable bonds is 5. The first-order valence-corrected chi connectivity index (χ1v) is 10.4. The van der Waals surface area contributed by atoms with Crippen LogP contribution >= 0.6 is 27.5 Å². The molecule has 7 nitrogen and oxygen atoms in total. The molecule has 0 atom stereocenters. The van der Waals surface area contributed by atoms with E-state index in [0.29, 0.717) is 22.1 Å². The van der Waals surface area contributed by atoms with Gasteiger partial charge in [0.1, 0.15) is 6.54 Å². The monoisotopic (exact) mass is 498 g/mol. The summed E-state index contributed by atoms with van der Waals surface area (Å²) in [6, 6.07) is 15.7. The Morgan fingerprint density at radius 3 is 2.65 bits per heavy atom. The van der Waals surface area contributed by atoms with Gasteiger partial charge in [-0.1, -0.05) is 38.8 Å². The van der Waals surface area contributed by atoms with Gasteiger partial charge in [-0.3, -0.25) is 9.59 Å². The van der Waals surface area contributed by atoms with Crippen molar-refractivity contribution in [2.24, 2.45) is 0 Å². The van der Waals surface area contributed by atoms with Crippen molar-refractivity contribution < 1.29 is 9.32 Å². The molecule has 4 rings (SSSR count). The zero-order valence-electron chi connectivity index (χ0n) is 16.3. The van der Waals surface area contributed by atoms with Crippen molar-refractivity contribution in [3.8, 4) is 22.8 Å². The average molecular weight is 500 g/mol. The molecule has 31 heavy (non-hydrogen) atoms. The lowest BCUT2D eigenvalue weighted by Crippen LogP contribution is -2.27. The number of amides is 1. The number of hydrogen-bond donors (Lipinski definition) is 1. The first kappa shape index (κ1) is 21.0. The van der Waals surface area contributed by atoms with Gasteiger partial charge in [0.05, 0.1) is 5.56 Å². The third-order valence-electron chi connectivity index (χ3n) is 4.61. The van der Waals surface area contributed by atoms with E-state index in [1.165, 1.54) is 16.8 Å². The molecule has 1 N–H and O–H groups in total. The van der Waals surface area contributed by atoms with Crippen LogP contribution in [0.5, 0.6) is 0 Å². The van der Waals surface area contributed by atoms with Crippen LogP contribution in [-0.4, -0.2) is 20.6 Å². The molecule has 0 aliphatic carbocycles. The van der Waals surface area contributed by atoms with Crippen LogP contribution in [0.1, 0.15) is 5.56 Å². The molecule has 0 saturated heterocycles. The number of carbonyl (C=O) groups is 1. The predicted molar refractivity (Wildman–Crippen MR) is 122 cm³/mol. The van der Waals surface area contributed by atoms with Crippen LogP contribution in [-0.2, 0) is 11.3 Å². The normalized spacial score (nSPS) is 10.8. The standard InChI is InChI=1S/C22H16BrClN4O3/c1-13-17(24)3-2-4-18(13)25-19(29)12-28-11-15(7-10-20(28)30)22-26-21(27-31-22)14-5-8-16(23)9-6-14/h2-11H,12H2,1H3,(H,25,29). The number of aromatic nitrogens is 3. The van der Waals surface area contributed by atoms with E-state index in [-0.39, 0.29) is 23.9 Å². The molecule has 0 spiro atoms. The van der Waals surface area contributed by atoms with Crippen LogP contribution in [0.4, 0.5) is 5.69 Å². The summed E-state index contributed by atoms with van der Waals surface area (Å²) in [5, 5.41) is 7.33. The summed E-state index contributed by atoms with van der Waals surface area (Å²) in [6.07, 6.45) is 1.52. The first-order chi connectivity index (χ1) is 14.9.